The molecule has 0 saturated heterocycles. The van der Waals surface area contributed by atoms with Gasteiger partial charge in [0.2, 0.25) is 0 Å². The SMILES string of the molecule is CC(C)Cc1ccc2c(c1)c1ccc(Br)cc1n2-c1ccc(-c2ccc(-n3c4ccc(CC(C)C)cc4c4ccc(Br)cc43)cc2)cc1. The minimum absolute atomic E-state index is 0.624. The van der Waals surface area contributed by atoms with Gasteiger partial charge in [0.1, 0.15) is 0 Å². The van der Waals surface area contributed by atoms with Crippen LogP contribution in [0.2, 0.25) is 0 Å². The zero-order chi connectivity index (χ0) is 33.1. The summed E-state index contributed by atoms with van der Waals surface area (Å²) in [4.78, 5) is 0. The van der Waals surface area contributed by atoms with Crippen molar-refractivity contribution in [3.8, 4) is 22.5 Å². The summed E-state index contributed by atoms with van der Waals surface area (Å²) in [5.74, 6) is 1.25. The summed E-state index contributed by atoms with van der Waals surface area (Å²) in [5.41, 5.74) is 12.4. The van der Waals surface area contributed by atoms with Crippen LogP contribution in [0.4, 0.5) is 0 Å². The minimum Gasteiger partial charge on any atom is -0.309 e. The van der Waals surface area contributed by atoms with Crippen molar-refractivity contribution in [2.75, 3.05) is 0 Å². The summed E-state index contributed by atoms with van der Waals surface area (Å²) in [7, 11) is 0. The summed E-state index contributed by atoms with van der Waals surface area (Å²) in [5, 5.41) is 5.19. The van der Waals surface area contributed by atoms with E-state index in [0.29, 0.717) is 11.8 Å². The third kappa shape index (κ3) is 5.59. The molecule has 8 aromatic rings. The first-order chi connectivity index (χ1) is 23.2. The van der Waals surface area contributed by atoms with Crippen LogP contribution in [0.25, 0.3) is 66.1 Å². The number of halogens is 2. The van der Waals surface area contributed by atoms with Crippen LogP contribution in [-0.2, 0) is 12.8 Å². The van der Waals surface area contributed by atoms with E-state index in [1.54, 1.807) is 0 Å². The van der Waals surface area contributed by atoms with Gasteiger partial charge in [-0.25, -0.2) is 0 Å². The Morgan fingerprint density at radius 3 is 1.19 bits per heavy atom. The molecule has 4 heteroatoms. The number of aromatic nitrogens is 2. The Hall–Kier alpha value is -4.12. The molecule has 8 rings (SSSR count). The molecule has 0 unspecified atom stereocenters. The maximum Gasteiger partial charge on any atom is 0.0552 e. The highest BCUT2D eigenvalue weighted by molar-refractivity contribution is 9.10. The van der Waals surface area contributed by atoms with E-state index in [1.165, 1.54) is 65.9 Å². The molecule has 0 spiro atoms. The molecule has 48 heavy (non-hydrogen) atoms. The van der Waals surface area contributed by atoms with Crippen LogP contribution in [0.3, 0.4) is 0 Å². The van der Waals surface area contributed by atoms with Crippen LogP contribution in [0.5, 0.6) is 0 Å². The molecule has 0 amide bonds. The molecule has 238 valence electrons. The number of benzene rings is 6. The van der Waals surface area contributed by atoms with Crippen LogP contribution in [0.15, 0.2) is 130 Å². The molecule has 0 N–H and O–H groups in total. The highest BCUT2D eigenvalue weighted by Crippen LogP contribution is 2.37. The molecule has 0 radical (unpaired) electrons. The first-order valence-corrected chi connectivity index (χ1v) is 18.5. The van der Waals surface area contributed by atoms with Gasteiger partial charge >= 0.3 is 0 Å². The van der Waals surface area contributed by atoms with E-state index in [1.807, 2.05) is 0 Å². The minimum atomic E-state index is 0.624. The number of rotatable bonds is 7. The fourth-order valence-corrected chi connectivity index (χ4v) is 8.14. The van der Waals surface area contributed by atoms with Crippen molar-refractivity contribution in [2.45, 2.75) is 40.5 Å². The predicted octanol–water partition coefficient (Wildman–Crippen LogP) is 13.5. The highest BCUT2D eigenvalue weighted by atomic mass is 79.9. The first-order valence-electron chi connectivity index (χ1n) is 16.9. The largest absolute Gasteiger partial charge is 0.309 e. The van der Waals surface area contributed by atoms with Gasteiger partial charge < -0.3 is 9.13 Å². The molecule has 2 aromatic heterocycles. The van der Waals surface area contributed by atoms with Gasteiger partial charge in [-0.2, -0.15) is 0 Å². The molecule has 0 saturated carbocycles. The van der Waals surface area contributed by atoms with Crippen molar-refractivity contribution in [1.82, 2.24) is 9.13 Å². The lowest BCUT2D eigenvalue weighted by atomic mass is 10.0. The Balaban J connectivity index is 1.17. The Morgan fingerprint density at radius 2 is 0.812 bits per heavy atom. The second-order valence-corrected chi connectivity index (χ2v) is 15.8. The quantitative estimate of drug-likeness (QED) is 0.153. The normalized spacial score (nSPS) is 12.1. The van der Waals surface area contributed by atoms with Crippen molar-refractivity contribution >= 4 is 75.5 Å². The lowest BCUT2D eigenvalue weighted by Crippen LogP contribution is -1.96. The molecule has 0 bridgehead atoms. The summed E-state index contributed by atoms with van der Waals surface area (Å²) in [6, 6.07) is 45.2. The summed E-state index contributed by atoms with van der Waals surface area (Å²) < 4.78 is 6.97. The van der Waals surface area contributed by atoms with Gasteiger partial charge in [-0.1, -0.05) is 108 Å². The van der Waals surface area contributed by atoms with E-state index >= 15 is 0 Å². The third-order valence-electron chi connectivity index (χ3n) is 9.46. The Kier molecular flexibility index (Phi) is 8.05. The van der Waals surface area contributed by atoms with Crippen LogP contribution >= 0.6 is 31.9 Å². The van der Waals surface area contributed by atoms with E-state index in [4.69, 9.17) is 0 Å². The van der Waals surface area contributed by atoms with Crippen LogP contribution in [-0.4, -0.2) is 9.13 Å². The predicted molar refractivity (Wildman–Crippen MR) is 213 cm³/mol. The molecule has 2 heterocycles. The van der Waals surface area contributed by atoms with E-state index in [2.05, 4.69) is 190 Å². The number of fused-ring (bicyclic) bond motifs is 6. The molecule has 0 atom stereocenters. The summed E-state index contributed by atoms with van der Waals surface area (Å²) >= 11 is 7.46. The zero-order valence-corrected chi connectivity index (χ0v) is 30.9. The molecule has 6 aromatic carbocycles. The van der Waals surface area contributed by atoms with Crippen molar-refractivity contribution in [2.24, 2.45) is 11.8 Å². The van der Waals surface area contributed by atoms with Gasteiger partial charge in [0.15, 0.2) is 0 Å². The van der Waals surface area contributed by atoms with Crippen LogP contribution in [0.1, 0.15) is 38.8 Å². The van der Waals surface area contributed by atoms with Gasteiger partial charge in [0, 0.05) is 41.9 Å². The fraction of sp³-hybridized carbons (Fsp3) is 0.182. The summed E-state index contributed by atoms with van der Waals surface area (Å²) in [6.45, 7) is 9.14. The second-order valence-electron chi connectivity index (χ2n) is 14.0. The Morgan fingerprint density at radius 1 is 0.417 bits per heavy atom. The van der Waals surface area contributed by atoms with E-state index in [9.17, 15) is 0 Å². The first kappa shape index (κ1) is 31.2. The molecule has 0 aliphatic heterocycles. The fourth-order valence-electron chi connectivity index (χ4n) is 7.44. The van der Waals surface area contributed by atoms with Gasteiger partial charge in [-0.15, -0.1) is 0 Å². The topological polar surface area (TPSA) is 9.86 Å². The second kappa shape index (κ2) is 12.4. The monoisotopic (exact) mass is 752 g/mol. The molecular weight excluding hydrogens is 716 g/mol. The standard InChI is InChI=1S/C44H38Br2N2/c1-27(2)21-29-5-19-41-39(23-29)37-17-11-33(45)25-43(37)47(41)35-13-7-31(8-14-35)32-9-15-36(16-10-32)48-42-20-6-30(22-28(3)4)24-40(42)38-18-12-34(46)26-44(38)48/h5-20,23-28H,21-22H2,1-4H3. The van der Waals surface area contributed by atoms with Crippen LogP contribution in [0, 0.1) is 11.8 Å². The number of hydrogen-bond acceptors (Lipinski definition) is 0. The van der Waals surface area contributed by atoms with Gasteiger partial charge in [0.25, 0.3) is 0 Å². The maximum absolute atomic E-state index is 3.73. The van der Waals surface area contributed by atoms with Crippen molar-refractivity contribution in [3.63, 3.8) is 0 Å². The smallest absolute Gasteiger partial charge is 0.0552 e. The van der Waals surface area contributed by atoms with Crippen molar-refractivity contribution in [3.05, 3.63) is 141 Å². The maximum atomic E-state index is 3.73. The zero-order valence-electron chi connectivity index (χ0n) is 27.8. The third-order valence-corrected chi connectivity index (χ3v) is 10.4. The lowest BCUT2D eigenvalue weighted by molar-refractivity contribution is 0.647. The summed E-state index contributed by atoms with van der Waals surface area (Å²) in [6.07, 6.45) is 2.17. The number of nitrogens with zero attached hydrogens (tertiary/aromatic N) is 2. The molecule has 0 aliphatic carbocycles. The molecular formula is C44H38Br2N2. The number of hydrogen-bond donors (Lipinski definition) is 0. The van der Waals surface area contributed by atoms with Crippen LogP contribution < -0.4 is 0 Å². The highest BCUT2D eigenvalue weighted by Gasteiger charge is 2.16. The molecule has 2 nitrogen and oxygen atoms in total. The van der Waals surface area contributed by atoms with Gasteiger partial charge in [-0.05, 0) is 120 Å². The van der Waals surface area contributed by atoms with Crippen molar-refractivity contribution in [1.29, 1.82) is 0 Å². The Bertz CT molecular complexity index is 2290. The van der Waals surface area contributed by atoms with E-state index < -0.39 is 0 Å². The lowest BCUT2D eigenvalue weighted by Gasteiger charge is -2.12. The van der Waals surface area contributed by atoms with E-state index in [0.717, 1.165) is 33.2 Å². The average molecular weight is 755 g/mol. The molecule has 0 fully saturated rings. The molecule has 0 aliphatic rings. The van der Waals surface area contributed by atoms with Crippen molar-refractivity contribution < 1.29 is 0 Å². The van der Waals surface area contributed by atoms with Gasteiger partial charge in [0.05, 0.1) is 22.1 Å². The van der Waals surface area contributed by atoms with E-state index in [-0.39, 0.29) is 0 Å². The Labute approximate surface area is 299 Å². The van der Waals surface area contributed by atoms with Gasteiger partial charge in [-0.3, -0.25) is 0 Å². The average Bonchev–Trinajstić information content (AvgIpc) is 3.55.